The third kappa shape index (κ3) is 4.90. The molecule has 0 radical (unpaired) electrons. The van der Waals surface area contributed by atoms with Crippen molar-refractivity contribution in [3.05, 3.63) is 93.0 Å². The first kappa shape index (κ1) is 23.4. The Hall–Kier alpha value is -3.81. The van der Waals surface area contributed by atoms with Crippen molar-refractivity contribution in [2.45, 2.75) is 13.5 Å². The zero-order valence-electron chi connectivity index (χ0n) is 17.8. The number of halogens is 2. The van der Waals surface area contributed by atoms with Crippen LogP contribution in [0.5, 0.6) is 11.5 Å². The van der Waals surface area contributed by atoms with E-state index in [0.29, 0.717) is 5.56 Å². The number of carbonyl (C=O) groups is 3. The van der Waals surface area contributed by atoms with Gasteiger partial charge in [-0.3, -0.25) is 14.9 Å². The summed E-state index contributed by atoms with van der Waals surface area (Å²) in [5.41, 5.74) is 2.34. The van der Waals surface area contributed by atoms with E-state index in [-0.39, 0.29) is 39.4 Å². The van der Waals surface area contributed by atoms with Crippen LogP contribution in [-0.2, 0) is 16.2 Å². The molecule has 1 saturated heterocycles. The lowest BCUT2D eigenvalue weighted by molar-refractivity contribution is -0.122. The summed E-state index contributed by atoms with van der Waals surface area (Å²) in [7, 11) is 0. The number of phenolic OH excluding ortho intramolecular Hbond substituents is 1. The molecule has 1 aliphatic rings. The van der Waals surface area contributed by atoms with E-state index in [0.717, 1.165) is 16.0 Å². The maximum absolute atomic E-state index is 13.0. The Morgan fingerprint density at radius 3 is 2.21 bits per heavy atom. The molecule has 3 aromatic carbocycles. The fraction of sp³-hybridized carbons (Fsp3) is 0.0800. The number of imide groups is 2. The lowest BCUT2D eigenvalue weighted by Gasteiger charge is -2.26. The number of carbonyl (C=O) groups excluding carboxylic acids is 3. The summed E-state index contributed by atoms with van der Waals surface area (Å²) in [4.78, 5) is 38.5. The van der Waals surface area contributed by atoms with Gasteiger partial charge in [-0.25, -0.2) is 9.69 Å². The molecular formula is C25H18Cl2N2O5. The zero-order chi connectivity index (χ0) is 24.4. The Bertz CT molecular complexity index is 1300. The predicted molar refractivity (Wildman–Crippen MR) is 129 cm³/mol. The molecule has 1 fully saturated rings. The maximum Gasteiger partial charge on any atom is 0.335 e. The fourth-order valence-corrected chi connectivity index (χ4v) is 3.91. The summed E-state index contributed by atoms with van der Waals surface area (Å²) in [5, 5.41) is 12.0. The number of benzene rings is 3. The van der Waals surface area contributed by atoms with Crippen molar-refractivity contribution < 1.29 is 24.2 Å². The Morgan fingerprint density at radius 1 is 0.971 bits per heavy atom. The lowest BCUT2D eigenvalue weighted by Crippen LogP contribution is -2.54. The molecule has 0 atom stereocenters. The first-order valence-corrected chi connectivity index (χ1v) is 10.9. The van der Waals surface area contributed by atoms with E-state index in [4.69, 9.17) is 27.9 Å². The van der Waals surface area contributed by atoms with E-state index in [1.165, 1.54) is 42.5 Å². The van der Waals surface area contributed by atoms with Gasteiger partial charge in [-0.2, -0.15) is 0 Å². The first-order valence-electron chi connectivity index (χ1n) is 10.1. The van der Waals surface area contributed by atoms with Crippen LogP contribution < -0.4 is 15.0 Å². The molecule has 0 spiro atoms. The second kappa shape index (κ2) is 9.59. The average Bonchev–Trinajstić information content (AvgIpc) is 2.78. The molecule has 2 N–H and O–H groups in total. The summed E-state index contributed by atoms with van der Waals surface area (Å²) in [6.07, 6.45) is 1.29. The van der Waals surface area contributed by atoms with E-state index < -0.39 is 17.8 Å². The summed E-state index contributed by atoms with van der Waals surface area (Å²) in [6, 6.07) is 15.3. The second-order valence-corrected chi connectivity index (χ2v) is 8.38. The van der Waals surface area contributed by atoms with Gasteiger partial charge in [0.2, 0.25) is 0 Å². The van der Waals surface area contributed by atoms with E-state index >= 15 is 0 Å². The number of urea groups is 1. The van der Waals surface area contributed by atoms with E-state index in [9.17, 15) is 19.5 Å². The first-order chi connectivity index (χ1) is 16.2. The van der Waals surface area contributed by atoms with Gasteiger partial charge in [0.1, 0.15) is 17.9 Å². The highest BCUT2D eigenvalue weighted by molar-refractivity contribution is 6.40. The number of ether oxygens (including phenoxy) is 1. The quantitative estimate of drug-likeness (QED) is 0.371. The van der Waals surface area contributed by atoms with Gasteiger partial charge in [-0.1, -0.05) is 53.0 Å². The summed E-state index contributed by atoms with van der Waals surface area (Å²) in [6.45, 7) is 2.24. The molecule has 1 heterocycles. The van der Waals surface area contributed by atoms with Crippen molar-refractivity contribution >= 4 is 52.8 Å². The number of hydrogen-bond acceptors (Lipinski definition) is 5. The Kier molecular flexibility index (Phi) is 6.58. The van der Waals surface area contributed by atoms with Crippen LogP contribution in [0, 0.1) is 6.92 Å². The third-order valence-corrected chi connectivity index (χ3v) is 5.61. The van der Waals surface area contributed by atoms with Gasteiger partial charge in [0, 0.05) is 0 Å². The zero-order valence-corrected chi connectivity index (χ0v) is 19.4. The smallest absolute Gasteiger partial charge is 0.335 e. The van der Waals surface area contributed by atoms with Gasteiger partial charge in [-0.15, -0.1) is 0 Å². The van der Waals surface area contributed by atoms with Crippen LogP contribution in [0.3, 0.4) is 0 Å². The van der Waals surface area contributed by atoms with E-state index in [2.05, 4.69) is 5.32 Å². The number of nitrogens with zero attached hydrogens (tertiary/aromatic N) is 1. The fourth-order valence-electron chi connectivity index (χ4n) is 3.30. The van der Waals surface area contributed by atoms with Crippen LogP contribution in [0.4, 0.5) is 10.5 Å². The number of phenols is 1. The van der Waals surface area contributed by atoms with Crippen molar-refractivity contribution in [3.8, 4) is 11.5 Å². The molecule has 0 aromatic heterocycles. The van der Waals surface area contributed by atoms with E-state index in [1.807, 2.05) is 31.2 Å². The molecule has 0 unspecified atom stereocenters. The topological polar surface area (TPSA) is 95.9 Å². The van der Waals surface area contributed by atoms with E-state index in [1.54, 1.807) is 0 Å². The number of barbiturate groups is 1. The molecule has 0 bridgehead atoms. The Labute approximate surface area is 205 Å². The SMILES string of the molecule is Cc1ccc(COc2c(Cl)cc(/C=C3\C(=O)NC(=O)N(c4ccc(O)cc4)C3=O)cc2Cl)cc1. The molecule has 172 valence electrons. The predicted octanol–water partition coefficient (Wildman–Crippen LogP) is 5.25. The molecular weight excluding hydrogens is 479 g/mol. The minimum absolute atomic E-state index is 0.0329. The molecule has 4 amide bonds. The molecule has 34 heavy (non-hydrogen) atoms. The summed E-state index contributed by atoms with van der Waals surface area (Å²) >= 11 is 12.7. The Morgan fingerprint density at radius 2 is 1.59 bits per heavy atom. The minimum Gasteiger partial charge on any atom is -0.508 e. The molecule has 4 rings (SSSR count). The number of aryl methyl sites for hydroxylation is 1. The monoisotopic (exact) mass is 496 g/mol. The number of anilines is 1. The molecule has 1 aliphatic heterocycles. The van der Waals surface area contributed by atoms with Crippen LogP contribution in [0.25, 0.3) is 6.08 Å². The summed E-state index contributed by atoms with van der Waals surface area (Å²) in [5.74, 6) is -1.44. The van der Waals surface area contributed by atoms with Gasteiger partial charge in [0.05, 0.1) is 15.7 Å². The van der Waals surface area contributed by atoms with Crippen LogP contribution in [0.2, 0.25) is 10.0 Å². The van der Waals surface area contributed by atoms with Crippen LogP contribution in [-0.4, -0.2) is 23.0 Å². The van der Waals surface area contributed by atoms with Gasteiger partial charge in [-0.05, 0) is 60.5 Å². The molecule has 0 aliphatic carbocycles. The van der Waals surface area contributed by atoms with Gasteiger partial charge >= 0.3 is 6.03 Å². The van der Waals surface area contributed by atoms with Crippen molar-refractivity contribution in [1.29, 1.82) is 0 Å². The maximum atomic E-state index is 13.0. The van der Waals surface area contributed by atoms with Crippen molar-refractivity contribution in [1.82, 2.24) is 5.32 Å². The third-order valence-electron chi connectivity index (χ3n) is 5.04. The van der Waals surface area contributed by atoms with Crippen molar-refractivity contribution in [3.63, 3.8) is 0 Å². The minimum atomic E-state index is -0.895. The van der Waals surface area contributed by atoms with Crippen molar-refractivity contribution in [2.75, 3.05) is 4.90 Å². The second-order valence-electron chi connectivity index (χ2n) is 7.56. The molecule has 0 saturated carbocycles. The number of nitrogens with one attached hydrogen (secondary N) is 1. The van der Waals surface area contributed by atoms with Crippen molar-refractivity contribution in [2.24, 2.45) is 0 Å². The van der Waals surface area contributed by atoms with Crippen LogP contribution in [0.15, 0.2) is 66.2 Å². The Balaban J connectivity index is 1.60. The van der Waals surface area contributed by atoms with Crippen LogP contribution >= 0.6 is 23.2 Å². The number of amides is 4. The highest BCUT2D eigenvalue weighted by Crippen LogP contribution is 2.36. The normalized spacial score (nSPS) is 15.0. The molecule has 3 aromatic rings. The highest BCUT2D eigenvalue weighted by atomic mass is 35.5. The summed E-state index contributed by atoms with van der Waals surface area (Å²) < 4.78 is 5.78. The average molecular weight is 497 g/mol. The highest BCUT2D eigenvalue weighted by Gasteiger charge is 2.36. The number of hydrogen-bond donors (Lipinski definition) is 2. The standard InChI is InChI=1S/C25H18Cl2N2O5/c1-14-2-4-15(5-3-14)13-34-22-20(26)11-16(12-21(22)27)10-19-23(31)28-25(33)29(24(19)32)17-6-8-18(30)9-7-17/h2-12,30H,13H2,1H3,(H,28,31,33)/b19-10+. The number of rotatable bonds is 5. The van der Waals surface area contributed by atoms with Gasteiger partial charge < -0.3 is 9.84 Å². The van der Waals surface area contributed by atoms with Gasteiger partial charge in [0.15, 0.2) is 5.75 Å². The van der Waals surface area contributed by atoms with Gasteiger partial charge in [0.25, 0.3) is 11.8 Å². The number of aromatic hydroxyl groups is 1. The molecule has 7 nitrogen and oxygen atoms in total. The van der Waals surface area contributed by atoms with Crippen LogP contribution in [0.1, 0.15) is 16.7 Å². The molecule has 9 heteroatoms. The largest absolute Gasteiger partial charge is 0.508 e. The lowest BCUT2D eigenvalue weighted by atomic mass is 10.1.